The zero-order chi connectivity index (χ0) is 22.3. The van der Waals surface area contributed by atoms with Crippen molar-refractivity contribution in [3.8, 4) is 0 Å². The molecule has 4 saturated carbocycles. The maximum atomic E-state index is 13.6. The van der Waals surface area contributed by atoms with Crippen LogP contribution in [0.2, 0.25) is 0 Å². The minimum Gasteiger partial charge on any atom is -0.346 e. The highest BCUT2D eigenvalue weighted by molar-refractivity contribution is 6.39. The van der Waals surface area contributed by atoms with Gasteiger partial charge in [0.2, 0.25) is 0 Å². The Morgan fingerprint density at radius 2 is 1.69 bits per heavy atom. The predicted molar refractivity (Wildman–Crippen MR) is 127 cm³/mol. The monoisotopic (exact) mass is 432 g/mol. The van der Waals surface area contributed by atoms with Crippen molar-refractivity contribution in [2.24, 2.45) is 23.7 Å². The molecule has 6 rings (SSSR count). The lowest BCUT2D eigenvalue weighted by Gasteiger charge is -2.57. The Balaban J connectivity index is 1.42. The Bertz CT molecular complexity index is 924. The van der Waals surface area contributed by atoms with Crippen molar-refractivity contribution >= 4 is 17.3 Å². The summed E-state index contributed by atoms with van der Waals surface area (Å²) >= 11 is 0. The molecular weight excluding hydrogens is 396 g/mol. The number of ketones is 1. The van der Waals surface area contributed by atoms with E-state index in [9.17, 15) is 9.59 Å². The van der Waals surface area contributed by atoms with Crippen LogP contribution in [0.15, 0.2) is 41.7 Å². The topological polar surface area (TPSA) is 59.1 Å². The van der Waals surface area contributed by atoms with Crippen molar-refractivity contribution in [2.45, 2.75) is 83.6 Å². The third-order valence-corrected chi connectivity index (χ3v) is 8.54. The second-order valence-corrected chi connectivity index (χ2v) is 11.0. The minimum atomic E-state index is -0.142. The van der Waals surface area contributed by atoms with Crippen LogP contribution in [0.5, 0.6) is 0 Å². The molecule has 1 atom stereocenters. The van der Waals surface area contributed by atoms with E-state index < -0.39 is 0 Å². The van der Waals surface area contributed by atoms with Gasteiger partial charge in [-0.05, 0) is 93.2 Å². The molecule has 1 heterocycles. The number of pyridine rings is 1. The number of carbonyl (C=O) groups is 2. The van der Waals surface area contributed by atoms with Crippen LogP contribution in [-0.4, -0.2) is 22.2 Å². The van der Waals surface area contributed by atoms with E-state index >= 15 is 0 Å². The van der Waals surface area contributed by atoms with Crippen LogP contribution in [0.1, 0.15) is 83.6 Å². The molecule has 0 radical (unpaired) electrons. The quantitative estimate of drug-likeness (QED) is 0.448. The summed E-state index contributed by atoms with van der Waals surface area (Å²) in [5.74, 6) is 2.15. The molecule has 0 spiro atoms. The predicted octanol–water partition coefficient (Wildman–Crippen LogP) is 5.65. The van der Waals surface area contributed by atoms with Gasteiger partial charge in [0.15, 0.2) is 5.78 Å². The standard InChI is InChI=1S/C28H36N2O2/c1-3-4-5-6-23-14-24(26(31)25(18(23)2)22-7-9-29-10-8-22)27(32)30-28-15-19-11-20(16-28)13-21(12-19)17-28/h7-10,14,19-21,23H,3-6,11-13,15-17H2,1-2H3,(H,30,32). The molecule has 5 aliphatic rings. The first-order chi connectivity index (χ1) is 15.5. The van der Waals surface area contributed by atoms with Crippen molar-refractivity contribution < 1.29 is 9.59 Å². The van der Waals surface area contributed by atoms with Gasteiger partial charge in [-0.15, -0.1) is 0 Å². The Morgan fingerprint density at radius 3 is 2.28 bits per heavy atom. The highest BCUT2D eigenvalue weighted by atomic mass is 16.2. The second-order valence-electron chi connectivity index (χ2n) is 11.0. The van der Waals surface area contributed by atoms with Gasteiger partial charge in [-0.3, -0.25) is 14.6 Å². The molecule has 4 nitrogen and oxygen atoms in total. The average molecular weight is 433 g/mol. The van der Waals surface area contributed by atoms with Crippen molar-refractivity contribution in [2.75, 3.05) is 0 Å². The third kappa shape index (κ3) is 3.97. The molecule has 0 saturated heterocycles. The second kappa shape index (κ2) is 8.61. The summed E-state index contributed by atoms with van der Waals surface area (Å²) in [7, 11) is 0. The zero-order valence-corrected chi connectivity index (χ0v) is 19.5. The SMILES string of the molecule is CCCCCC1C=C(C(=O)NC23CC4CC(CC(C4)C2)C3)C(=O)C(c2ccncc2)=C1C. The van der Waals surface area contributed by atoms with E-state index in [1.165, 1.54) is 25.7 Å². The van der Waals surface area contributed by atoms with E-state index in [2.05, 4.69) is 24.1 Å². The molecule has 1 amide bonds. The number of carbonyl (C=O) groups excluding carboxylic acids is 2. The van der Waals surface area contributed by atoms with Crippen molar-refractivity contribution in [3.05, 3.63) is 47.3 Å². The number of aromatic nitrogens is 1. The van der Waals surface area contributed by atoms with Crippen LogP contribution >= 0.6 is 0 Å². The fourth-order valence-electron chi connectivity index (χ4n) is 7.44. The van der Waals surface area contributed by atoms with Crippen LogP contribution in [-0.2, 0) is 9.59 Å². The van der Waals surface area contributed by atoms with Gasteiger partial charge in [-0.2, -0.15) is 0 Å². The summed E-state index contributed by atoms with van der Waals surface area (Å²) in [5.41, 5.74) is 2.93. The van der Waals surface area contributed by atoms with Gasteiger partial charge in [0.1, 0.15) is 0 Å². The average Bonchev–Trinajstić information content (AvgIpc) is 2.75. The lowest BCUT2D eigenvalue weighted by Crippen LogP contribution is -2.60. The Morgan fingerprint density at radius 1 is 1.06 bits per heavy atom. The summed E-state index contributed by atoms with van der Waals surface area (Å²) < 4.78 is 0. The van der Waals surface area contributed by atoms with E-state index in [0.29, 0.717) is 11.1 Å². The van der Waals surface area contributed by atoms with Crippen molar-refractivity contribution in [3.63, 3.8) is 0 Å². The summed E-state index contributed by atoms with van der Waals surface area (Å²) in [6.07, 6.45) is 17.2. The lowest BCUT2D eigenvalue weighted by atomic mass is 9.53. The van der Waals surface area contributed by atoms with Gasteiger partial charge in [0.25, 0.3) is 5.91 Å². The molecule has 4 heteroatoms. The first-order valence-corrected chi connectivity index (χ1v) is 12.7. The van der Waals surface area contributed by atoms with Crippen LogP contribution in [0.25, 0.3) is 5.57 Å². The number of nitrogens with zero attached hydrogens (tertiary/aromatic N) is 1. The highest BCUT2D eigenvalue weighted by Crippen LogP contribution is 2.55. The summed E-state index contributed by atoms with van der Waals surface area (Å²) in [4.78, 5) is 31.4. The molecule has 4 fully saturated rings. The first-order valence-electron chi connectivity index (χ1n) is 12.7. The summed E-state index contributed by atoms with van der Waals surface area (Å²) in [6.45, 7) is 4.27. The molecule has 32 heavy (non-hydrogen) atoms. The largest absolute Gasteiger partial charge is 0.346 e. The number of Topliss-reactive ketones (excluding diaryl/α,β-unsaturated/α-hetero) is 1. The maximum Gasteiger partial charge on any atom is 0.255 e. The molecule has 0 aliphatic heterocycles. The fraction of sp³-hybridized carbons (Fsp3) is 0.607. The van der Waals surface area contributed by atoms with Crippen LogP contribution < -0.4 is 5.32 Å². The van der Waals surface area contributed by atoms with Gasteiger partial charge in [0, 0.05) is 23.5 Å². The lowest BCUT2D eigenvalue weighted by molar-refractivity contribution is -0.125. The van der Waals surface area contributed by atoms with Crippen LogP contribution in [0.4, 0.5) is 0 Å². The van der Waals surface area contributed by atoms with Gasteiger partial charge in [-0.25, -0.2) is 0 Å². The molecule has 1 aromatic heterocycles. The number of nitrogens with one attached hydrogen (secondary N) is 1. The number of hydrogen-bond donors (Lipinski definition) is 1. The van der Waals surface area contributed by atoms with Gasteiger partial charge in [-0.1, -0.05) is 37.8 Å². The molecule has 170 valence electrons. The van der Waals surface area contributed by atoms with Crippen molar-refractivity contribution in [1.82, 2.24) is 10.3 Å². The Labute approximate surface area is 192 Å². The Hall–Kier alpha value is -2.23. The molecule has 1 aromatic rings. The normalized spacial score (nSPS) is 33.4. The zero-order valence-electron chi connectivity index (χ0n) is 19.5. The minimum absolute atomic E-state index is 0.0856. The summed E-state index contributed by atoms with van der Waals surface area (Å²) in [6, 6.07) is 3.78. The highest BCUT2D eigenvalue weighted by Gasteiger charge is 2.52. The summed E-state index contributed by atoms with van der Waals surface area (Å²) in [5, 5.41) is 3.44. The van der Waals surface area contributed by atoms with E-state index in [0.717, 1.165) is 67.4 Å². The maximum absolute atomic E-state index is 13.6. The van der Waals surface area contributed by atoms with Gasteiger partial charge in [0.05, 0.1) is 5.57 Å². The van der Waals surface area contributed by atoms with E-state index in [4.69, 9.17) is 0 Å². The number of allylic oxidation sites excluding steroid dienone is 3. The molecule has 5 aliphatic carbocycles. The number of unbranched alkanes of at least 4 members (excludes halogenated alkanes) is 2. The van der Waals surface area contributed by atoms with Crippen LogP contribution in [0.3, 0.4) is 0 Å². The number of hydrogen-bond acceptors (Lipinski definition) is 3. The van der Waals surface area contributed by atoms with Gasteiger partial charge >= 0.3 is 0 Å². The molecule has 4 bridgehead atoms. The fourth-order valence-corrected chi connectivity index (χ4v) is 7.44. The Kier molecular flexibility index (Phi) is 5.81. The molecular formula is C28H36N2O2. The third-order valence-electron chi connectivity index (χ3n) is 8.54. The van der Waals surface area contributed by atoms with Gasteiger partial charge < -0.3 is 5.32 Å². The first kappa shape index (κ1) is 21.6. The molecule has 1 N–H and O–H groups in total. The van der Waals surface area contributed by atoms with Crippen molar-refractivity contribution in [1.29, 1.82) is 0 Å². The molecule has 0 aromatic carbocycles. The number of amides is 1. The van der Waals surface area contributed by atoms with E-state index in [1.54, 1.807) is 12.4 Å². The smallest absolute Gasteiger partial charge is 0.255 e. The van der Waals surface area contributed by atoms with E-state index in [1.807, 2.05) is 18.2 Å². The van der Waals surface area contributed by atoms with E-state index in [-0.39, 0.29) is 23.1 Å². The molecule has 1 unspecified atom stereocenters. The number of rotatable bonds is 7. The van der Waals surface area contributed by atoms with Crippen LogP contribution in [0, 0.1) is 23.7 Å².